The van der Waals surface area contributed by atoms with E-state index in [1.54, 1.807) is 0 Å². The van der Waals surface area contributed by atoms with Crippen LogP contribution < -0.4 is 0 Å². The minimum atomic E-state index is 0.675. The Bertz CT molecular complexity index is 2400. The van der Waals surface area contributed by atoms with Crippen LogP contribution in [0.1, 0.15) is 0 Å². The summed E-state index contributed by atoms with van der Waals surface area (Å²) >= 11 is 1.81. The molecule has 0 saturated carbocycles. The molecule has 0 bridgehead atoms. The first-order valence-electron chi connectivity index (χ1n) is 13.8. The van der Waals surface area contributed by atoms with Crippen molar-refractivity contribution < 1.29 is 0 Å². The fourth-order valence-electron chi connectivity index (χ4n) is 6.13. The molecular formula is C36H21N5S. The van der Waals surface area contributed by atoms with E-state index < -0.39 is 0 Å². The van der Waals surface area contributed by atoms with Crippen LogP contribution in [0, 0.1) is 0 Å². The Hall–Kier alpha value is -5.46. The van der Waals surface area contributed by atoms with Crippen molar-refractivity contribution in [3.05, 3.63) is 128 Å². The summed E-state index contributed by atoms with van der Waals surface area (Å²) < 4.78 is 4.70. The number of pyridine rings is 2. The van der Waals surface area contributed by atoms with E-state index in [1.807, 2.05) is 72.4 Å². The third-order valence-corrected chi connectivity index (χ3v) is 9.14. The predicted octanol–water partition coefficient (Wildman–Crippen LogP) is 9.22. The van der Waals surface area contributed by atoms with E-state index in [-0.39, 0.29) is 0 Å². The highest BCUT2D eigenvalue weighted by molar-refractivity contribution is 7.27. The number of nitrogens with zero attached hydrogens (tertiary/aromatic N) is 5. The van der Waals surface area contributed by atoms with E-state index in [0.717, 1.165) is 55.3 Å². The summed E-state index contributed by atoms with van der Waals surface area (Å²) in [7, 11) is 0. The second kappa shape index (κ2) is 9.03. The minimum absolute atomic E-state index is 0.675. The van der Waals surface area contributed by atoms with Gasteiger partial charge in [-0.2, -0.15) is 0 Å². The maximum absolute atomic E-state index is 5.23. The van der Waals surface area contributed by atoms with Crippen LogP contribution in [0.25, 0.3) is 81.3 Å². The van der Waals surface area contributed by atoms with Gasteiger partial charge < -0.3 is 0 Å². The number of rotatable bonds is 3. The van der Waals surface area contributed by atoms with Crippen LogP contribution in [0.4, 0.5) is 0 Å². The molecule has 0 spiro atoms. The van der Waals surface area contributed by atoms with Crippen molar-refractivity contribution >= 4 is 64.2 Å². The van der Waals surface area contributed by atoms with Crippen LogP contribution in [-0.4, -0.2) is 24.5 Å². The van der Waals surface area contributed by atoms with Gasteiger partial charge in [0.1, 0.15) is 11.5 Å². The molecule has 0 unspecified atom stereocenters. The molecule has 5 heterocycles. The van der Waals surface area contributed by atoms with Crippen LogP contribution >= 0.6 is 11.3 Å². The Morgan fingerprint density at radius 3 is 2.21 bits per heavy atom. The van der Waals surface area contributed by atoms with Crippen molar-refractivity contribution in [2.45, 2.75) is 0 Å². The number of aromatic nitrogens is 5. The lowest BCUT2D eigenvalue weighted by Gasteiger charge is -2.12. The zero-order chi connectivity index (χ0) is 27.6. The highest BCUT2D eigenvalue weighted by Crippen LogP contribution is 2.47. The van der Waals surface area contributed by atoms with Gasteiger partial charge in [0.25, 0.3) is 0 Å². The largest absolute Gasteiger partial charge is 0.277 e. The molecule has 0 N–H and O–H groups in total. The first-order chi connectivity index (χ1) is 20.8. The molecule has 0 atom stereocenters. The fourth-order valence-corrected chi connectivity index (χ4v) is 7.36. The summed E-state index contributed by atoms with van der Waals surface area (Å²) in [5, 5.41) is 6.98. The molecule has 9 aromatic rings. The Kier molecular flexibility index (Phi) is 5.00. The van der Waals surface area contributed by atoms with Crippen molar-refractivity contribution in [1.29, 1.82) is 0 Å². The normalized spacial score (nSPS) is 11.8. The Balaban J connectivity index is 1.51. The highest BCUT2D eigenvalue weighted by atomic mass is 32.1. The molecule has 0 aliphatic rings. The molecule has 0 fully saturated rings. The van der Waals surface area contributed by atoms with Gasteiger partial charge in [0.15, 0.2) is 5.82 Å². The summed E-state index contributed by atoms with van der Waals surface area (Å²) in [5.74, 6) is 1.46. The van der Waals surface area contributed by atoms with E-state index in [4.69, 9.17) is 15.0 Å². The van der Waals surface area contributed by atoms with E-state index in [0.29, 0.717) is 5.82 Å². The molecule has 9 rings (SSSR count). The van der Waals surface area contributed by atoms with Gasteiger partial charge in [0, 0.05) is 72.1 Å². The smallest absolute Gasteiger partial charge is 0.162 e. The van der Waals surface area contributed by atoms with Crippen LogP contribution in [0.2, 0.25) is 0 Å². The van der Waals surface area contributed by atoms with Gasteiger partial charge in [-0.15, -0.1) is 11.3 Å². The second-order valence-electron chi connectivity index (χ2n) is 10.3. The minimum Gasteiger partial charge on any atom is -0.277 e. The van der Waals surface area contributed by atoms with E-state index in [2.05, 4.69) is 76.3 Å². The molecule has 0 aliphatic heterocycles. The molecule has 6 heteroatoms. The summed E-state index contributed by atoms with van der Waals surface area (Å²) in [4.78, 5) is 19.8. The predicted molar refractivity (Wildman–Crippen MR) is 173 cm³/mol. The monoisotopic (exact) mass is 555 g/mol. The van der Waals surface area contributed by atoms with Crippen molar-refractivity contribution in [1.82, 2.24) is 24.5 Å². The van der Waals surface area contributed by atoms with Gasteiger partial charge in [-0.25, -0.2) is 15.0 Å². The van der Waals surface area contributed by atoms with Gasteiger partial charge in [-0.3, -0.25) is 9.55 Å². The van der Waals surface area contributed by atoms with Crippen LogP contribution in [0.3, 0.4) is 0 Å². The van der Waals surface area contributed by atoms with Crippen LogP contribution in [-0.2, 0) is 0 Å². The lowest BCUT2D eigenvalue weighted by Crippen LogP contribution is -2.03. The van der Waals surface area contributed by atoms with E-state index in [1.165, 1.54) is 20.2 Å². The molecular weight excluding hydrogens is 534 g/mol. The average molecular weight is 556 g/mol. The summed E-state index contributed by atoms with van der Waals surface area (Å²) in [6.45, 7) is 0. The average Bonchev–Trinajstić information content (AvgIpc) is 3.62. The van der Waals surface area contributed by atoms with Crippen molar-refractivity contribution in [2.75, 3.05) is 0 Å². The molecule has 4 aromatic carbocycles. The first-order valence-corrected chi connectivity index (χ1v) is 14.6. The van der Waals surface area contributed by atoms with E-state index >= 15 is 0 Å². The maximum atomic E-state index is 5.23. The molecule has 0 aliphatic carbocycles. The quantitative estimate of drug-likeness (QED) is 0.218. The number of fused-ring (bicyclic) bond motifs is 10. The summed E-state index contributed by atoms with van der Waals surface area (Å²) in [6, 6.07) is 37.5. The molecule has 42 heavy (non-hydrogen) atoms. The SMILES string of the molecule is c1ccc(-c2cc(-n3c4ncccc4c4c5ccncc5c5sc6ccccc6c5c43)nc(-c3ccccc3)n2)cc1. The van der Waals surface area contributed by atoms with Crippen molar-refractivity contribution in [3.8, 4) is 28.5 Å². The van der Waals surface area contributed by atoms with Crippen LogP contribution in [0.5, 0.6) is 0 Å². The molecule has 0 radical (unpaired) electrons. The highest BCUT2D eigenvalue weighted by Gasteiger charge is 2.24. The number of hydrogen-bond acceptors (Lipinski definition) is 5. The summed E-state index contributed by atoms with van der Waals surface area (Å²) in [6.07, 6.45) is 5.74. The zero-order valence-electron chi connectivity index (χ0n) is 22.3. The standard InChI is InChI=1S/C36H21N5S/c1-3-10-22(11-4-1)28-20-30(40-35(39-28)23-12-5-2-6-13-23)41-33-31(26-15-9-18-38-36(26)41)24-17-19-37-21-27(24)34-32(33)25-14-7-8-16-29(25)42-34/h1-21H. The zero-order valence-corrected chi connectivity index (χ0v) is 23.1. The van der Waals surface area contributed by atoms with Gasteiger partial charge in [-0.1, -0.05) is 78.9 Å². The lowest BCUT2D eigenvalue weighted by atomic mass is 10.0. The fraction of sp³-hybridized carbons (Fsp3) is 0. The molecule has 0 amide bonds. The summed E-state index contributed by atoms with van der Waals surface area (Å²) in [5.41, 5.74) is 4.83. The number of hydrogen-bond donors (Lipinski definition) is 0. The number of benzene rings is 4. The third-order valence-electron chi connectivity index (χ3n) is 7.94. The van der Waals surface area contributed by atoms with Gasteiger partial charge >= 0.3 is 0 Å². The van der Waals surface area contributed by atoms with Gasteiger partial charge in [0.2, 0.25) is 0 Å². The molecule has 5 nitrogen and oxygen atoms in total. The van der Waals surface area contributed by atoms with E-state index in [9.17, 15) is 0 Å². The van der Waals surface area contributed by atoms with Gasteiger partial charge in [0.05, 0.1) is 11.2 Å². The lowest BCUT2D eigenvalue weighted by molar-refractivity contribution is 1.03. The first kappa shape index (κ1) is 23.3. The maximum Gasteiger partial charge on any atom is 0.162 e. The number of thiophene rings is 1. The van der Waals surface area contributed by atoms with Crippen LogP contribution in [0.15, 0.2) is 128 Å². The molecule has 0 saturated heterocycles. The van der Waals surface area contributed by atoms with Crippen molar-refractivity contribution in [3.63, 3.8) is 0 Å². The molecule has 5 aromatic heterocycles. The Morgan fingerprint density at radius 2 is 1.36 bits per heavy atom. The topological polar surface area (TPSA) is 56.5 Å². The Labute approximate surface area is 244 Å². The Morgan fingerprint density at radius 1 is 0.595 bits per heavy atom. The molecule has 196 valence electrons. The third kappa shape index (κ3) is 3.36. The second-order valence-corrected chi connectivity index (χ2v) is 11.4. The van der Waals surface area contributed by atoms with Gasteiger partial charge in [-0.05, 0) is 29.7 Å². The van der Waals surface area contributed by atoms with Crippen molar-refractivity contribution in [2.24, 2.45) is 0 Å².